The van der Waals surface area contributed by atoms with Crippen molar-refractivity contribution in [3.8, 4) is 5.75 Å². The number of carbonyl (C=O) groups is 2. The number of benzene rings is 1. The molecule has 3 rings (SSSR count). The van der Waals surface area contributed by atoms with Crippen molar-refractivity contribution in [2.24, 2.45) is 0 Å². The summed E-state index contributed by atoms with van der Waals surface area (Å²) in [5.74, 6) is -1.93. The van der Waals surface area contributed by atoms with Gasteiger partial charge in [-0.05, 0) is 29.8 Å². The molecular formula is C15H11NO5. The van der Waals surface area contributed by atoms with Gasteiger partial charge < -0.3 is 19.9 Å². The van der Waals surface area contributed by atoms with E-state index in [9.17, 15) is 19.8 Å². The standard InChI is InChI=1S/C15H11NO5/c17-9-4-1-3-8(7-9)12-11(14(19)15(20)16-12)13(18)10-5-2-6-21-10/h1-7,12,17,19H,(H,16,20). The molecule has 0 aliphatic carbocycles. The number of phenolic OH excluding ortho intramolecular Hbond substituents is 1. The smallest absolute Gasteiger partial charge is 0.287 e. The van der Waals surface area contributed by atoms with Crippen LogP contribution in [0.4, 0.5) is 0 Å². The second kappa shape index (κ2) is 4.82. The molecule has 1 aliphatic heterocycles. The monoisotopic (exact) mass is 285 g/mol. The summed E-state index contributed by atoms with van der Waals surface area (Å²) in [5, 5.41) is 21.9. The van der Waals surface area contributed by atoms with Crippen molar-refractivity contribution in [3.63, 3.8) is 0 Å². The van der Waals surface area contributed by atoms with Gasteiger partial charge in [0.2, 0.25) is 5.78 Å². The number of hydrogen-bond acceptors (Lipinski definition) is 5. The quantitative estimate of drug-likeness (QED) is 0.747. The lowest BCUT2D eigenvalue weighted by Crippen LogP contribution is -2.23. The minimum Gasteiger partial charge on any atom is -0.508 e. The second-order valence-electron chi connectivity index (χ2n) is 4.57. The molecule has 1 atom stereocenters. The van der Waals surface area contributed by atoms with Gasteiger partial charge >= 0.3 is 0 Å². The molecule has 0 spiro atoms. The first-order valence-corrected chi connectivity index (χ1v) is 6.19. The van der Waals surface area contributed by atoms with Gasteiger partial charge in [0.1, 0.15) is 5.75 Å². The van der Waals surface area contributed by atoms with Crippen LogP contribution in [0.5, 0.6) is 5.75 Å². The van der Waals surface area contributed by atoms with Gasteiger partial charge in [0, 0.05) is 0 Å². The van der Waals surface area contributed by atoms with Gasteiger partial charge in [-0.2, -0.15) is 0 Å². The molecule has 1 unspecified atom stereocenters. The molecule has 0 saturated heterocycles. The van der Waals surface area contributed by atoms with Crippen LogP contribution < -0.4 is 5.32 Å². The number of furan rings is 1. The van der Waals surface area contributed by atoms with Crippen LogP contribution in [0, 0.1) is 0 Å². The summed E-state index contributed by atoms with van der Waals surface area (Å²) in [5.41, 5.74) is 0.392. The third-order valence-electron chi connectivity index (χ3n) is 3.23. The molecule has 1 aromatic carbocycles. The maximum absolute atomic E-state index is 12.4. The van der Waals surface area contributed by atoms with Gasteiger partial charge in [-0.1, -0.05) is 12.1 Å². The zero-order valence-electron chi connectivity index (χ0n) is 10.7. The highest BCUT2D eigenvalue weighted by atomic mass is 16.3. The number of carbonyl (C=O) groups excluding carboxylic acids is 2. The Labute approximate surface area is 119 Å². The molecule has 0 saturated carbocycles. The summed E-state index contributed by atoms with van der Waals surface area (Å²) < 4.78 is 5.02. The number of rotatable bonds is 3. The number of aliphatic hydroxyl groups is 1. The highest BCUT2D eigenvalue weighted by molar-refractivity contribution is 6.14. The summed E-state index contributed by atoms with van der Waals surface area (Å²) in [6.07, 6.45) is 1.33. The number of Topliss-reactive ketones (excluding diaryl/α,β-unsaturated/α-hetero) is 1. The van der Waals surface area contributed by atoms with Crippen LogP contribution in [0.25, 0.3) is 0 Å². The first kappa shape index (κ1) is 13.0. The fourth-order valence-electron chi connectivity index (χ4n) is 2.26. The number of ketones is 1. The molecule has 1 aromatic heterocycles. The minimum absolute atomic E-state index is 0.00191. The first-order chi connectivity index (χ1) is 10.1. The molecule has 0 bridgehead atoms. The Hall–Kier alpha value is -3.02. The van der Waals surface area contributed by atoms with Gasteiger partial charge in [0.25, 0.3) is 5.91 Å². The van der Waals surface area contributed by atoms with Crippen molar-refractivity contribution in [3.05, 3.63) is 65.3 Å². The third-order valence-corrected chi connectivity index (χ3v) is 3.23. The summed E-state index contributed by atoms with van der Waals surface area (Å²) in [6.45, 7) is 0. The molecule has 6 heteroatoms. The number of aliphatic hydroxyl groups excluding tert-OH is 1. The van der Waals surface area contributed by atoms with E-state index in [0.717, 1.165) is 0 Å². The van der Waals surface area contributed by atoms with Crippen molar-refractivity contribution in [1.82, 2.24) is 5.32 Å². The van der Waals surface area contributed by atoms with Crippen molar-refractivity contribution >= 4 is 11.7 Å². The fourth-order valence-corrected chi connectivity index (χ4v) is 2.26. The average Bonchev–Trinajstić information content (AvgIpc) is 3.08. The maximum Gasteiger partial charge on any atom is 0.287 e. The van der Waals surface area contributed by atoms with Crippen molar-refractivity contribution in [2.75, 3.05) is 0 Å². The molecule has 2 heterocycles. The summed E-state index contributed by atoms with van der Waals surface area (Å²) in [7, 11) is 0. The maximum atomic E-state index is 12.4. The molecule has 6 nitrogen and oxygen atoms in total. The van der Waals surface area contributed by atoms with E-state index < -0.39 is 23.5 Å². The van der Waals surface area contributed by atoms with E-state index in [0.29, 0.717) is 5.56 Å². The predicted molar refractivity (Wildman–Crippen MR) is 71.7 cm³/mol. The van der Waals surface area contributed by atoms with Gasteiger partial charge in [0.05, 0.1) is 17.9 Å². The normalized spacial score (nSPS) is 17.9. The van der Waals surface area contributed by atoms with Crippen molar-refractivity contribution < 1.29 is 24.2 Å². The number of hydrogen-bond donors (Lipinski definition) is 3. The van der Waals surface area contributed by atoms with E-state index in [1.54, 1.807) is 18.2 Å². The van der Waals surface area contributed by atoms with E-state index in [4.69, 9.17) is 4.42 Å². The van der Waals surface area contributed by atoms with E-state index in [-0.39, 0.29) is 17.1 Å². The Morgan fingerprint density at radius 1 is 1.19 bits per heavy atom. The van der Waals surface area contributed by atoms with E-state index in [1.165, 1.54) is 24.5 Å². The predicted octanol–water partition coefficient (Wildman–Crippen LogP) is 1.85. The van der Waals surface area contributed by atoms with Gasteiger partial charge in [-0.15, -0.1) is 0 Å². The van der Waals surface area contributed by atoms with Crippen LogP contribution >= 0.6 is 0 Å². The van der Waals surface area contributed by atoms with Gasteiger partial charge in [-0.25, -0.2) is 0 Å². The summed E-state index contributed by atoms with van der Waals surface area (Å²) in [6, 6.07) is 8.27. The summed E-state index contributed by atoms with van der Waals surface area (Å²) >= 11 is 0. The zero-order chi connectivity index (χ0) is 15.0. The Morgan fingerprint density at radius 3 is 2.67 bits per heavy atom. The lowest BCUT2D eigenvalue weighted by molar-refractivity contribution is -0.119. The number of amides is 1. The third kappa shape index (κ3) is 2.16. The van der Waals surface area contributed by atoms with Gasteiger partial charge in [-0.3, -0.25) is 9.59 Å². The summed E-state index contributed by atoms with van der Waals surface area (Å²) in [4.78, 5) is 24.0. The van der Waals surface area contributed by atoms with Crippen molar-refractivity contribution in [1.29, 1.82) is 0 Å². The van der Waals surface area contributed by atoms with Crippen LogP contribution in [0.3, 0.4) is 0 Å². The molecule has 0 fully saturated rings. The highest BCUT2D eigenvalue weighted by Crippen LogP contribution is 2.33. The van der Waals surface area contributed by atoms with Crippen LogP contribution in [-0.2, 0) is 4.79 Å². The van der Waals surface area contributed by atoms with E-state index in [1.807, 2.05) is 0 Å². The largest absolute Gasteiger partial charge is 0.508 e. The lowest BCUT2D eigenvalue weighted by atomic mass is 9.96. The molecule has 3 N–H and O–H groups in total. The van der Waals surface area contributed by atoms with Crippen LogP contribution in [-0.4, -0.2) is 21.9 Å². The first-order valence-electron chi connectivity index (χ1n) is 6.19. The molecule has 106 valence electrons. The van der Waals surface area contributed by atoms with Gasteiger partial charge in [0.15, 0.2) is 11.5 Å². The van der Waals surface area contributed by atoms with Crippen molar-refractivity contribution in [2.45, 2.75) is 6.04 Å². The van der Waals surface area contributed by atoms with Crippen LogP contribution in [0.1, 0.15) is 22.2 Å². The topological polar surface area (TPSA) is 99.8 Å². The number of aromatic hydroxyl groups is 1. The van der Waals surface area contributed by atoms with E-state index in [2.05, 4.69) is 5.32 Å². The lowest BCUT2D eigenvalue weighted by Gasteiger charge is -2.14. The molecule has 1 amide bonds. The highest BCUT2D eigenvalue weighted by Gasteiger charge is 2.38. The Balaban J connectivity index is 2.06. The minimum atomic E-state index is -0.831. The molecule has 0 radical (unpaired) electrons. The van der Waals surface area contributed by atoms with Crippen LogP contribution in [0.15, 0.2) is 58.4 Å². The number of nitrogens with one attached hydrogen (secondary N) is 1. The van der Waals surface area contributed by atoms with Crippen LogP contribution in [0.2, 0.25) is 0 Å². The Morgan fingerprint density at radius 2 is 2.00 bits per heavy atom. The molecule has 1 aliphatic rings. The molecule has 21 heavy (non-hydrogen) atoms. The Kier molecular flexibility index (Phi) is 2.98. The number of phenols is 1. The average molecular weight is 285 g/mol. The fraction of sp³-hybridized carbons (Fsp3) is 0.0667. The molecular weight excluding hydrogens is 274 g/mol. The Bertz CT molecular complexity index is 745. The SMILES string of the molecule is O=C1NC(c2cccc(O)c2)C(C(=O)c2ccco2)=C1O. The molecule has 2 aromatic rings. The second-order valence-corrected chi connectivity index (χ2v) is 4.57. The zero-order valence-corrected chi connectivity index (χ0v) is 10.7. The van der Waals surface area contributed by atoms with E-state index >= 15 is 0 Å².